The van der Waals surface area contributed by atoms with Crippen LogP contribution in [-0.2, 0) is 4.74 Å². The summed E-state index contributed by atoms with van der Waals surface area (Å²) in [6, 6.07) is 0. The van der Waals surface area contributed by atoms with Crippen LogP contribution in [0.4, 0.5) is 0 Å². The highest BCUT2D eigenvalue weighted by Gasteiger charge is 2.08. The Hall–Kier alpha value is -0.0400. The average molecular weight is 313 g/mol. The van der Waals surface area contributed by atoms with Gasteiger partial charge in [-0.15, -0.1) is 0 Å². The van der Waals surface area contributed by atoms with Crippen LogP contribution >= 0.6 is 0 Å². The molecule has 0 aromatic heterocycles. The third-order valence-corrected chi connectivity index (χ3v) is 5.08. The minimum Gasteiger partial charge on any atom is -0.385 e. The monoisotopic (exact) mass is 312 g/mol. The first kappa shape index (κ1) is 22.0. The summed E-state index contributed by atoms with van der Waals surface area (Å²) in [5.74, 6) is 3.55. The summed E-state index contributed by atoms with van der Waals surface area (Å²) in [4.78, 5) is 0. The van der Waals surface area contributed by atoms with Crippen molar-refractivity contribution in [3.8, 4) is 0 Å². The van der Waals surface area contributed by atoms with E-state index in [0.717, 1.165) is 30.3 Å². The highest BCUT2D eigenvalue weighted by Crippen LogP contribution is 2.22. The number of rotatable bonds is 15. The summed E-state index contributed by atoms with van der Waals surface area (Å²) in [5, 5.41) is 0. The molecule has 0 bridgehead atoms. The fourth-order valence-corrected chi connectivity index (χ4v) is 3.26. The SMILES string of the molecule is COCCC(C)CCCC(C)CCC[C@H](C)CCCC(C)C. The summed E-state index contributed by atoms with van der Waals surface area (Å²) in [6.07, 6.45) is 14.0. The van der Waals surface area contributed by atoms with Crippen LogP contribution in [0.2, 0.25) is 0 Å². The van der Waals surface area contributed by atoms with E-state index in [0.29, 0.717) is 0 Å². The molecule has 1 heteroatoms. The van der Waals surface area contributed by atoms with Crippen molar-refractivity contribution in [2.45, 2.75) is 98.8 Å². The Morgan fingerprint density at radius 1 is 0.545 bits per heavy atom. The van der Waals surface area contributed by atoms with E-state index in [1.165, 1.54) is 64.2 Å². The predicted molar refractivity (Wildman–Crippen MR) is 100 cm³/mol. The van der Waals surface area contributed by atoms with Gasteiger partial charge in [0.05, 0.1) is 0 Å². The first-order valence-electron chi connectivity index (χ1n) is 9.94. The molecule has 0 aliphatic heterocycles. The third kappa shape index (κ3) is 14.9. The molecule has 0 aliphatic carbocycles. The molecule has 22 heavy (non-hydrogen) atoms. The molecule has 1 nitrogen and oxygen atoms in total. The standard InChI is InChI=1S/C21H44O/c1-18(2)10-7-11-19(3)12-8-13-20(4)14-9-15-21(5)16-17-22-6/h18-21H,7-17H2,1-6H3/t19-,20?,21?/m1/s1. The number of hydrogen-bond donors (Lipinski definition) is 0. The van der Waals surface area contributed by atoms with E-state index in [1.54, 1.807) is 7.11 Å². The van der Waals surface area contributed by atoms with Crippen LogP contribution < -0.4 is 0 Å². The zero-order valence-electron chi connectivity index (χ0n) is 16.5. The van der Waals surface area contributed by atoms with E-state index < -0.39 is 0 Å². The molecule has 2 unspecified atom stereocenters. The van der Waals surface area contributed by atoms with Gasteiger partial charge in [-0.3, -0.25) is 0 Å². The van der Waals surface area contributed by atoms with Crippen molar-refractivity contribution < 1.29 is 4.74 Å². The maximum Gasteiger partial charge on any atom is 0.0464 e. The second-order valence-electron chi connectivity index (χ2n) is 8.28. The second-order valence-corrected chi connectivity index (χ2v) is 8.28. The Morgan fingerprint density at radius 3 is 1.27 bits per heavy atom. The molecule has 0 aliphatic rings. The molecule has 0 radical (unpaired) electrons. The van der Waals surface area contributed by atoms with E-state index in [9.17, 15) is 0 Å². The van der Waals surface area contributed by atoms with Crippen LogP contribution in [0.5, 0.6) is 0 Å². The van der Waals surface area contributed by atoms with Crippen molar-refractivity contribution in [3.05, 3.63) is 0 Å². The minimum atomic E-state index is 0.827. The molecule has 0 amide bonds. The predicted octanol–water partition coefficient (Wildman–Crippen LogP) is 7.10. The largest absolute Gasteiger partial charge is 0.385 e. The molecule has 0 N–H and O–H groups in total. The maximum atomic E-state index is 5.16. The smallest absolute Gasteiger partial charge is 0.0464 e. The van der Waals surface area contributed by atoms with Gasteiger partial charge >= 0.3 is 0 Å². The number of methoxy groups -OCH3 is 1. The molecule has 0 aromatic carbocycles. The van der Waals surface area contributed by atoms with Crippen LogP contribution in [0.3, 0.4) is 0 Å². The zero-order chi connectivity index (χ0) is 16.8. The lowest BCUT2D eigenvalue weighted by molar-refractivity contribution is 0.177. The van der Waals surface area contributed by atoms with Gasteiger partial charge in [0.1, 0.15) is 0 Å². The number of ether oxygens (including phenoxy) is 1. The zero-order valence-corrected chi connectivity index (χ0v) is 16.5. The molecule has 0 spiro atoms. The van der Waals surface area contributed by atoms with Gasteiger partial charge in [-0.2, -0.15) is 0 Å². The molecule has 134 valence electrons. The summed E-state index contributed by atoms with van der Waals surface area (Å²) in [7, 11) is 1.80. The lowest BCUT2D eigenvalue weighted by atomic mass is 9.91. The topological polar surface area (TPSA) is 9.23 Å². The van der Waals surface area contributed by atoms with E-state index in [1.807, 2.05) is 0 Å². The Kier molecular flexibility index (Phi) is 14.5. The molecule has 0 heterocycles. The van der Waals surface area contributed by atoms with Gasteiger partial charge in [0, 0.05) is 13.7 Å². The van der Waals surface area contributed by atoms with Crippen molar-refractivity contribution >= 4 is 0 Å². The van der Waals surface area contributed by atoms with Gasteiger partial charge in [0.15, 0.2) is 0 Å². The third-order valence-electron chi connectivity index (χ3n) is 5.08. The molecular weight excluding hydrogens is 268 g/mol. The fraction of sp³-hybridized carbons (Fsp3) is 1.00. The molecule has 3 atom stereocenters. The van der Waals surface area contributed by atoms with Crippen LogP contribution in [0, 0.1) is 23.7 Å². The molecule has 0 aromatic rings. The first-order valence-corrected chi connectivity index (χ1v) is 9.94. The average Bonchev–Trinajstić information content (AvgIpc) is 2.44. The van der Waals surface area contributed by atoms with Crippen molar-refractivity contribution in [1.82, 2.24) is 0 Å². The lowest BCUT2D eigenvalue weighted by Gasteiger charge is -2.16. The van der Waals surface area contributed by atoms with E-state index in [2.05, 4.69) is 34.6 Å². The second kappa shape index (κ2) is 14.5. The van der Waals surface area contributed by atoms with Gasteiger partial charge in [-0.05, 0) is 30.1 Å². The van der Waals surface area contributed by atoms with Crippen molar-refractivity contribution in [2.24, 2.45) is 23.7 Å². The van der Waals surface area contributed by atoms with Crippen molar-refractivity contribution in [3.63, 3.8) is 0 Å². The Balaban J connectivity index is 3.46. The maximum absolute atomic E-state index is 5.16. The Bertz CT molecular complexity index is 224. The van der Waals surface area contributed by atoms with Crippen LogP contribution in [0.25, 0.3) is 0 Å². The van der Waals surface area contributed by atoms with Gasteiger partial charge in [0.25, 0.3) is 0 Å². The van der Waals surface area contributed by atoms with Crippen molar-refractivity contribution in [2.75, 3.05) is 13.7 Å². The Labute approximate surface area is 141 Å². The summed E-state index contributed by atoms with van der Waals surface area (Å²) in [6.45, 7) is 12.9. The van der Waals surface area contributed by atoms with E-state index >= 15 is 0 Å². The van der Waals surface area contributed by atoms with Gasteiger partial charge < -0.3 is 4.74 Å². The van der Waals surface area contributed by atoms with Gasteiger partial charge in [-0.1, -0.05) is 92.4 Å². The van der Waals surface area contributed by atoms with Gasteiger partial charge in [0.2, 0.25) is 0 Å². The lowest BCUT2D eigenvalue weighted by Crippen LogP contribution is -2.03. The van der Waals surface area contributed by atoms with Gasteiger partial charge in [-0.25, -0.2) is 0 Å². The number of hydrogen-bond acceptors (Lipinski definition) is 1. The van der Waals surface area contributed by atoms with Crippen LogP contribution in [0.15, 0.2) is 0 Å². The highest BCUT2D eigenvalue weighted by atomic mass is 16.5. The summed E-state index contributed by atoms with van der Waals surface area (Å²) < 4.78 is 5.16. The highest BCUT2D eigenvalue weighted by molar-refractivity contribution is 4.61. The molecule has 0 saturated carbocycles. The minimum absolute atomic E-state index is 0.827. The Morgan fingerprint density at radius 2 is 0.909 bits per heavy atom. The summed E-state index contributed by atoms with van der Waals surface area (Å²) >= 11 is 0. The summed E-state index contributed by atoms with van der Waals surface area (Å²) in [5.41, 5.74) is 0. The normalized spacial score (nSPS) is 16.0. The first-order chi connectivity index (χ1) is 10.5. The quantitative estimate of drug-likeness (QED) is 0.313. The molecule has 0 fully saturated rings. The van der Waals surface area contributed by atoms with E-state index in [-0.39, 0.29) is 0 Å². The molecule has 0 rings (SSSR count). The van der Waals surface area contributed by atoms with E-state index in [4.69, 9.17) is 4.74 Å². The van der Waals surface area contributed by atoms with Crippen LogP contribution in [-0.4, -0.2) is 13.7 Å². The van der Waals surface area contributed by atoms with Crippen molar-refractivity contribution in [1.29, 1.82) is 0 Å². The fourth-order valence-electron chi connectivity index (χ4n) is 3.26. The molecule has 0 saturated heterocycles. The van der Waals surface area contributed by atoms with Crippen LogP contribution in [0.1, 0.15) is 98.8 Å². The molecular formula is C21H44O.